The summed E-state index contributed by atoms with van der Waals surface area (Å²) in [6.45, 7) is 3.19. The predicted molar refractivity (Wildman–Crippen MR) is 80.4 cm³/mol. The molecule has 3 heterocycles. The maximum atomic E-state index is 11.9. The van der Waals surface area contributed by atoms with Crippen molar-refractivity contribution in [3.63, 3.8) is 0 Å². The van der Waals surface area contributed by atoms with Crippen LogP contribution in [-0.4, -0.2) is 44.9 Å². The van der Waals surface area contributed by atoms with Gasteiger partial charge < -0.3 is 14.6 Å². The molecule has 0 aromatic carbocycles. The Labute approximate surface area is 131 Å². The molecule has 2 atom stereocenters. The van der Waals surface area contributed by atoms with E-state index in [0.717, 1.165) is 6.42 Å². The molecule has 3 rings (SSSR count). The molecule has 1 aliphatic heterocycles. The molecule has 1 amide bonds. The third kappa shape index (κ3) is 3.01. The highest BCUT2D eigenvalue weighted by Crippen LogP contribution is 2.23. The SMILES string of the molecule is CC1CCN(C(=O)CC#N)CC1Nc1ncnc2[nH]c(=O)oc12. The fraction of sp³-hybridized carbons (Fsp3) is 0.500. The van der Waals surface area contributed by atoms with Crippen LogP contribution in [0.1, 0.15) is 19.8 Å². The van der Waals surface area contributed by atoms with Crippen molar-refractivity contribution in [2.75, 3.05) is 18.4 Å². The fourth-order valence-corrected chi connectivity index (χ4v) is 2.72. The zero-order valence-electron chi connectivity index (χ0n) is 12.6. The maximum absolute atomic E-state index is 11.9. The van der Waals surface area contributed by atoms with Crippen molar-refractivity contribution in [2.24, 2.45) is 5.92 Å². The van der Waals surface area contributed by atoms with E-state index in [1.54, 1.807) is 4.90 Å². The quantitative estimate of drug-likeness (QED) is 0.842. The Kier molecular flexibility index (Phi) is 3.97. The summed E-state index contributed by atoms with van der Waals surface area (Å²) >= 11 is 0. The Morgan fingerprint density at radius 2 is 2.43 bits per heavy atom. The minimum Gasteiger partial charge on any atom is -0.402 e. The molecule has 9 heteroatoms. The highest BCUT2D eigenvalue weighted by atomic mass is 16.4. The first-order valence-corrected chi connectivity index (χ1v) is 7.33. The van der Waals surface area contributed by atoms with Gasteiger partial charge in [-0.2, -0.15) is 5.26 Å². The lowest BCUT2D eigenvalue weighted by Gasteiger charge is -2.37. The van der Waals surface area contributed by atoms with Gasteiger partial charge in [-0.25, -0.2) is 14.8 Å². The molecule has 2 unspecified atom stereocenters. The molecular formula is C14H16N6O3. The first kappa shape index (κ1) is 15.0. The number of aromatic nitrogens is 3. The first-order chi connectivity index (χ1) is 11.1. The third-order valence-corrected chi connectivity index (χ3v) is 4.08. The number of likely N-dealkylation sites (tertiary alicyclic amines) is 1. The Morgan fingerprint density at radius 3 is 3.22 bits per heavy atom. The number of oxazole rings is 1. The minimum atomic E-state index is -0.592. The van der Waals surface area contributed by atoms with Gasteiger partial charge in [-0.05, 0) is 12.3 Å². The van der Waals surface area contributed by atoms with Crippen molar-refractivity contribution in [1.82, 2.24) is 19.9 Å². The molecule has 23 heavy (non-hydrogen) atoms. The number of H-pyrrole nitrogens is 1. The lowest BCUT2D eigenvalue weighted by Crippen LogP contribution is -2.49. The van der Waals surface area contributed by atoms with Gasteiger partial charge in [0.2, 0.25) is 11.5 Å². The molecule has 120 valence electrons. The van der Waals surface area contributed by atoms with Crippen LogP contribution in [0.15, 0.2) is 15.5 Å². The second-order valence-corrected chi connectivity index (χ2v) is 5.61. The van der Waals surface area contributed by atoms with Crippen LogP contribution in [0, 0.1) is 17.2 Å². The van der Waals surface area contributed by atoms with E-state index in [9.17, 15) is 9.59 Å². The minimum absolute atomic E-state index is 0.0512. The van der Waals surface area contributed by atoms with Gasteiger partial charge in [-0.3, -0.25) is 9.78 Å². The van der Waals surface area contributed by atoms with Gasteiger partial charge in [0.05, 0.1) is 6.07 Å². The summed E-state index contributed by atoms with van der Waals surface area (Å²) in [4.78, 5) is 35.4. The van der Waals surface area contributed by atoms with E-state index in [4.69, 9.17) is 9.68 Å². The number of fused-ring (bicyclic) bond motifs is 1. The highest BCUT2D eigenvalue weighted by molar-refractivity contribution is 5.80. The van der Waals surface area contributed by atoms with Gasteiger partial charge in [0.1, 0.15) is 12.7 Å². The number of anilines is 1. The summed E-state index contributed by atoms with van der Waals surface area (Å²) < 4.78 is 5.07. The van der Waals surface area contributed by atoms with Crippen LogP contribution in [0.25, 0.3) is 11.2 Å². The smallest absolute Gasteiger partial charge is 0.402 e. The molecule has 9 nitrogen and oxygen atoms in total. The largest absolute Gasteiger partial charge is 0.418 e. The van der Waals surface area contributed by atoms with Crippen molar-refractivity contribution in [2.45, 2.75) is 25.8 Å². The third-order valence-electron chi connectivity index (χ3n) is 4.08. The number of hydrogen-bond acceptors (Lipinski definition) is 7. The molecule has 1 saturated heterocycles. The molecular weight excluding hydrogens is 300 g/mol. The maximum Gasteiger partial charge on any atom is 0.418 e. The van der Waals surface area contributed by atoms with Gasteiger partial charge in [-0.15, -0.1) is 0 Å². The molecule has 1 aliphatic rings. The van der Waals surface area contributed by atoms with Crippen molar-refractivity contribution >= 4 is 23.0 Å². The number of carbonyl (C=O) groups excluding carboxylic acids is 1. The number of nitrogens with zero attached hydrogens (tertiary/aromatic N) is 4. The normalized spacial score (nSPS) is 21.1. The lowest BCUT2D eigenvalue weighted by molar-refractivity contribution is -0.131. The van der Waals surface area contributed by atoms with Gasteiger partial charge in [0.15, 0.2) is 11.5 Å². The second kappa shape index (κ2) is 6.08. The molecule has 2 N–H and O–H groups in total. The monoisotopic (exact) mass is 316 g/mol. The van der Waals surface area contributed by atoms with Gasteiger partial charge >= 0.3 is 5.76 Å². The van der Waals surface area contributed by atoms with Gasteiger partial charge in [0.25, 0.3) is 0 Å². The topological polar surface area (TPSA) is 128 Å². The first-order valence-electron chi connectivity index (χ1n) is 7.33. The van der Waals surface area contributed by atoms with E-state index in [-0.39, 0.29) is 24.0 Å². The fourth-order valence-electron chi connectivity index (χ4n) is 2.72. The van der Waals surface area contributed by atoms with Crippen molar-refractivity contribution in [3.05, 3.63) is 16.9 Å². The Bertz CT molecular complexity index is 820. The number of amides is 1. The molecule has 2 aromatic rings. The Morgan fingerprint density at radius 1 is 1.61 bits per heavy atom. The van der Waals surface area contributed by atoms with Crippen molar-refractivity contribution in [3.8, 4) is 6.07 Å². The van der Waals surface area contributed by atoms with E-state index in [1.165, 1.54) is 6.33 Å². The van der Waals surface area contributed by atoms with Crippen LogP contribution in [0.4, 0.5) is 5.82 Å². The summed E-state index contributed by atoms with van der Waals surface area (Å²) in [7, 11) is 0. The predicted octanol–water partition coefficient (Wildman–Crippen LogP) is 0.474. The summed E-state index contributed by atoms with van der Waals surface area (Å²) in [6.07, 6.45) is 2.04. The van der Waals surface area contributed by atoms with Crippen molar-refractivity contribution in [1.29, 1.82) is 5.26 Å². The zero-order valence-corrected chi connectivity index (χ0v) is 12.6. The summed E-state index contributed by atoms with van der Waals surface area (Å²) in [5.41, 5.74) is 0.596. The van der Waals surface area contributed by atoms with E-state index in [0.29, 0.717) is 30.5 Å². The summed E-state index contributed by atoms with van der Waals surface area (Å²) in [5, 5.41) is 11.9. The number of nitrogens with one attached hydrogen (secondary N) is 2. The second-order valence-electron chi connectivity index (χ2n) is 5.61. The van der Waals surface area contributed by atoms with Crippen LogP contribution in [0.5, 0.6) is 0 Å². The zero-order chi connectivity index (χ0) is 16.4. The molecule has 0 spiro atoms. The lowest BCUT2D eigenvalue weighted by atomic mass is 9.93. The molecule has 2 aromatic heterocycles. The van der Waals surface area contributed by atoms with Crippen LogP contribution < -0.4 is 11.1 Å². The van der Waals surface area contributed by atoms with E-state index in [1.807, 2.05) is 6.07 Å². The number of hydrogen-bond donors (Lipinski definition) is 2. The number of nitriles is 1. The van der Waals surface area contributed by atoms with Crippen LogP contribution in [-0.2, 0) is 4.79 Å². The standard InChI is InChI=1S/C14H16N6O3/c1-8-3-5-20(10(21)2-4-15)6-9(8)18-12-11-13(17-7-16-12)19-14(22)23-11/h7-9H,2-3,5-6H2,1H3,(H2,16,17,18,19,22). The molecule has 0 saturated carbocycles. The number of carbonyl (C=O) groups is 1. The highest BCUT2D eigenvalue weighted by Gasteiger charge is 2.29. The number of piperidine rings is 1. The average Bonchev–Trinajstić information content (AvgIpc) is 2.91. The molecule has 0 aliphatic carbocycles. The number of aromatic amines is 1. The van der Waals surface area contributed by atoms with Crippen LogP contribution >= 0.6 is 0 Å². The molecule has 0 radical (unpaired) electrons. The summed E-state index contributed by atoms with van der Waals surface area (Å²) in [5.74, 6) is -0.0464. The van der Waals surface area contributed by atoms with E-state index in [2.05, 4.69) is 27.2 Å². The van der Waals surface area contributed by atoms with Gasteiger partial charge in [0, 0.05) is 19.1 Å². The average molecular weight is 316 g/mol. The Hall–Kier alpha value is -2.89. The number of rotatable bonds is 3. The van der Waals surface area contributed by atoms with Crippen LogP contribution in [0.2, 0.25) is 0 Å². The van der Waals surface area contributed by atoms with E-state index >= 15 is 0 Å². The molecule has 0 bridgehead atoms. The van der Waals surface area contributed by atoms with E-state index < -0.39 is 5.76 Å². The summed E-state index contributed by atoms with van der Waals surface area (Å²) in [6, 6.07) is 1.83. The van der Waals surface area contributed by atoms with Crippen molar-refractivity contribution < 1.29 is 9.21 Å². The van der Waals surface area contributed by atoms with Crippen LogP contribution in [0.3, 0.4) is 0 Å². The molecule has 1 fully saturated rings. The van der Waals surface area contributed by atoms with Gasteiger partial charge in [-0.1, -0.05) is 6.92 Å². The Balaban J connectivity index is 1.81.